The number of aryl methyl sites for hydroxylation is 2. The van der Waals surface area contributed by atoms with Gasteiger partial charge in [-0.15, -0.1) is 11.8 Å². The molecule has 0 spiro atoms. The molecule has 0 unspecified atom stereocenters. The van der Waals surface area contributed by atoms with Crippen molar-refractivity contribution in [3.63, 3.8) is 0 Å². The third-order valence-corrected chi connectivity index (χ3v) is 4.29. The van der Waals surface area contributed by atoms with E-state index >= 15 is 0 Å². The van der Waals surface area contributed by atoms with Crippen LogP contribution in [-0.2, 0) is 5.75 Å². The first-order valence-corrected chi connectivity index (χ1v) is 7.45. The van der Waals surface area contributed by atoms with E-state index in [-0.39, 0.29) is 0 Å². The highest BCUT2D eigenvalue weighted by molar-refractivity contribution is 7.98. The Hall–Kier alpha value is -1.94. The van der Waals surface area contributed by atoms with Crippen LogP contribution in [0.2, 0.25) is 0 Å². The average molecular weight is 284 g/mol. The second-order valence-corrected chi connectivity index (χ2v) is 5.91. The van der Waals surface area contributed by atoms with Crippen LogP contribution < -0.4 is 5.73 Å². The molecule has 4 heteroatoms. The maximum atomic E-state index is 5.75. The molecular formula is C16H16N2OS. The number of benzene rings is 2. The first-order valence-electron chi connectivity index (χ1n) is 6.47. The molecular weight excluding hydrogens is 268 g/mol. The van der Waals surface area contributed by atoms with Crippen molar-refractivity contribution in [2.45, 2.75) is 24.5 Å². The largest absolute Gasteiger partial charge is 0.440 e. The Bertz CT molecular complexity index is 764. The molecule has 1 aromatic heterocycles. The molecule has 2 N–H and O–H groups in total. The minimum absolute atomic E-state index is 0.708. The van der Waals surface area contributed by atoms with E-state index in [0.29, 0.717) is 5.69 Å². The molecule has 0 saturated carbocycles. The molecule has 102 valence electrons. The van der Waals surface area contributed by atoms with E-state index in [1.807, 2.05) is 18.2 Å². The number of aromatic nitrogens is 1. The van der Waals surface area contributed by atoms with Gasteiger partial charge in [-0.3, -0.25) is 0 Å². The summed E-state index contributed by atoms with van der Waals surface area (Å²) in [5.41, 5.74) is 10.6. The molecule has 20 heavy (non-hydrogen) atoms. The Kier molecular flexibility index (Phi) is 3.40. The summed E-state index contributed by atoms with van der Waals surface area (Å²) in [6.45, 7) is 4.22. The summed E-state index contributed by atoms with van der Waals surface area (Å²) in [6.07, 6.45) is 0. The number of rotatable bonds is 3. The maximum absolute atomic E-state index is 5.75. The smallest absolute Gasteiger partial charge is 0.205 e. The van der Waals surface area contributed by atoms with Crippen molar-refractivity contribution in [2.75, 3.05) is 5.73 Å². The number of nitrogens with two attached hydrogens (primary N) is 1. The molecule has 0 radical (unpaired) electrons. The minimum Gasteiger partial charge on any atom is -0.440 e. The fourth-order valence-corrected chi connectivity index (χ4v) is 3.02. The van der Waals surface area contributed by atoms with Gasteiger partial charge in [0, 0.05) is 10.6 Å². The van der Waals surface area contributed by atoms with E-state index in [9.17, 15) is 0 Å². The van der Waals surface area contributed by atoms with Gasteiger partial charge in [0.05, 0.1) is 5.75 Å². The van der Waals surface area contributed by atoms with Crippen LogP contribution in [0.15, 0.2) is 45.7 Å². The summed E-state index contributed by atoms with van der Waals surface area (Å²) >= 11 is 1.75. The number of nitrogens with zero attached hydrogens (tertiary/aromatic N) is 1. The van der Waals surface area contributed by atoms with Crippen LogP contribution in [0.25, 0.3) is 11.1 Å². The van der Waals surface area contributed by atoms with Crippen molar-refractivity contribution in [1.82, 2.24) is 4.98 Å². The molecule has 0 aliphatic rings. The molecule has 0 bridgehead atoms. The highest BCUT2D eigenvalue weighted by Crippen LogP contribution is 2.28. The van der Waals surface area contributed by atoms with Crippen LogP contribution in [0.4, 0.5) is 5.69 Å². The Morgan fingerprint density at radius 3 is 2.85 bits per heavy atom. The van der Waals surface area contributed by atoms with Gasteiger partial charge in [0.2, 0.25) is 5.89 Å². The molecule has 0 fully saturated rings. The second kappa shape index (κ2) is 5.21. The van der Waals surface area contributed by atoms with E-state index in [1.165, 1.54) is 16.0 Å². The van der Waals surface area contributed by atoms with Crippen LogP contribution in [0, 0.1) is 13.8 Å². The van der Waals surface area contributed by atoms with Gasteiger partial charge in [0.25, 0.3) is 0 Å². The molecule has 0 amide bonds. The molecule has 0 aliphatic heterocycles. The van der Waals surface area contributed by atoms with Crippen LogP contribution >= 0.6 is 11.8 Å². The van der Waals surface area contributed by atoms with E-state index < -0.39 is 0 Å². The summed E-state index contributed by atoms with van der Waals surface area (Å²) in [4.78, 5) is 5.74. The molecule has 1 heterocycles. The number of fused-ring (bicyclic) bond motifs is 1. The normalized spacial score (nSPS) is 11.1. The summed E-state index contributed by atoms with van der Waals surface area (Å²) in [6, 6.07) is 12.0. The predicted octanol–water partition coefficient (Wildman–Crippen LogP) is 4.32. The zero-order valence-corrected chi connectivity index (χ0v) is 12.3. The van der Waals surface area contributed by atoms with Crippen molar-refractivity contribution in [3.8, 4) is 0 Å². The first-order chi connectivity index (χ1) is 9.61. The number of nitrogen functional groups attached to an aromatic ring is 1. The van der Waals surface area contributed by atoms with Gasteiger partial charge >= 0.3 is 0 Å². The number of anilines is 1. The van der Waals surface area contributed by atoms with Gasteiger partial charge in [-0.1, -0.05) is 17.7 Å². The summed E-state index contributed by atoms with van der Waals surface area (Å²) in [5.74, 6) is 1.45. The molecule has 0 atom stereocenters. The molecule has 0 saturated heterocycles. The van der Waals surface area contributed by atoms with Crippen molar-refractivity contribution >= 4 is 28.5 Å². The first kappa shape index (κ1) is 13.1. The van der Waals surface area contributed by atoms with Crippen LogP contribution in [0.1, 0.15) is 17.0 Å². The van der Waals surface area contributed by atoms with Gasteiger partial charge in [-0.25, -0.2) is 4.98 Å². The van der Waals surface area contributed by atoms with E-state index in [4.69, 9.17) is 10.2 Å². The Labute approximate surface area is 122 Å². The highest BCUT2D eigenvalue weighted by atomic mass is 32.2. The summed E-state index contributed by atoms with van der Waals surface area (Å²) in [7, 11) is 0. The average Bonchev–Trinajstić information content (AvgIpc) is 2.81. The fourth-order valence-electron chi connectivity index (χ4n) is 2.06. The van der Waals surface area contributed by atoms with Gasteiger partial charge in [-0.05, 0) is 43.7 Å². The lowest BCUT2D eigenvalue weighted by molar-refractivity contribution is 0.556. The van der Waals surface area contributed by atoms with E-state index in [1.54, 1.807) is 11.8 Å². The summed E-state index contributed by atoms with van der Waals surface area (Å²) < 4.78 is 5.73. The highest BCUT2D eigenvalue weighted by Gasteiger charge is 2.07. The molecule has 3 aromatic rings. The van der Waals surface area contributed by atoms with Crippen molar-refractivity contribution in [3.05, 3.63) is 53.4 Å². The Morgan fingerprint density at radius 2 is 2.00 bits per heavy atom. The Balaban J connectivity index is 1.81. The lowest BCUT2D eigenvalue weighted by atomic mass is 10.2. The number of oxazole rings is 1. The monoisotopic (exact) mass is 284 g/mol. The van der Waals surface area contributed by atoms with Crippen molar-refractivity contribution in [2.24, 2.45) is 0 Å². The van der Waals surface area contributed by atoms with Crippen molar-refractivity contribution in [1.29, 1.82) is 0 Å². The molecule has 3 nitrogen and oxygen atoms in total. The fraction of sp³-hybridized carbons (Fsp3) is 0.188. The van der Waals surface area contributed by atoms with Crippen LogP contribution in [-0.4, -0.2) is 4.98 Å². The Morgan fingerprint density at radius 1 is 1.15 bits per heavy atom. The van der Waals surface area contributed by atoms with Crippen molar-refractivity contribution < 1.29 is 4.42 Å². The number of hydrogen-bond donors (Lipinski definition) is 1. The van der Waals surface area contributed by atoms with Gasteiger partial charge in [0.1, 0.15) is 5.52 Å². The maximum Gasteiger partial charge on any atom is 0.205 e. The van der Waals surface area contributed by atoms with Crippen LogP contribution in [0.5, 0.6) is 0 Å². The quantitative estimate of drug-likeness (QED) is 0.575. The molecule has 3 rings (SSSR count). The van der Waals surface area contributed by atoms with Gasteiger partial charge in [0.15, 0.2) is 5.58 Å². The lowest BCUT2D eigenvalue weighted by Crippen LogP contribution is -1.85. The topological polar surface area (TPSA) is 52.0 Å². The second-order valence-electron chi connectivity index (χ2n) is 4.89. The molecule has 0 aliphatic carbocycles. The minimum atomic E-state index is 0.708. The van der Waals surface area contributed by atoms with Gasteiger partial charge in [-0.2, -0.15) is 0 Å². The summed E-state index contributed by atoms with van der Waals surface area (Å²) in [5, 5.41) is 0. The van der Waals surface area contributed by atoms with Crippen LogP contribution in [0.3, 0.4) is 0 Å². The standard InChI is InChI=1S/C16H16N2OS/c1-10-3-4-11(2)15(7-10)20-9-16-18-13-8-12(17)5-6-14(13)19-16/h3-8H,9,17H2,1-2H3. The number of thioether (sulfide) groups is 1. The van der Waals surface area contributed by atoms with E-state index in [0.717, 1.165) is 22.7 Å². The zero-order valence-electron chi connectivity index (χ0n) is 11.5. The predicted molar refractivity (Wildman–Crippen MR) is 83.9 cm³/mol. The SMILES string of the molecule is Cc1ccc(C)c(SCc2nc3cc(N)ccc3o2)c1. The van der Waals surface area contributed by atoms with E-state index in [2.05, 4.69) is 37.0 Å². The third kappa shape index (κ3) is 2.65. The lowest BCUT2D eigenvalue weighted by Gasteiger charge is -2.04. The van der Waals surface area contributed by atoms with Gasteiger partial charge < -0.3 is 10.2 Å². The molecule has 2 aromatic carbocycles. The zero-order chi connectivity index (χ0) is 14.1. The number of hydrogen-bond acceptors (Lipinski definition) is 4. The third-order valence-electron chi connectivity index (χ3n) is 3.15.